The van der Waals surface area contributed by atoms with E-state index < -0.39 is 0 Å². The molecule has 1 aliphatic rings. The van der Waals surface area contributed by atoms with Crippen molar-refractivity contribution < 1.29 is 4.79 Å². The molecular formula is C19H20O. The van der Waals surface area contributed by atoms with Crippen LogP contribution < -0.4 is 0 Å². The summed E-state index contributed by atoms with van der Waals surface area (Å²) in [6, 6.07) is 12.8. The van der Waals surface area contributed by atoms with Crippen LogP contribution in [0.2, 0.25) is 0 Å². The summed E-state index contributed by atoms with van der Waals surface area (Å²) < 4.78 is 0. The number of rotatable bonds is 2. The SMILES string of the molecule is Cc1cc(Cc2ccccc2)c(C)c2c1CCCC2=O. The summed E-state index contributed by atoms with van der Waals surface area (Å²) in [5, 5.41) is 0. The van der Waals surface area contributed by atoms with E-state index in [0.717, 1.165) is 24.8 Å². The Labute approximate surface area is 120 Å². The average Bonchev–Trinajstić information content (AvgIpc) is 2.45. The summed E-state index contributed by atoms with van der Waals surface area (Å²) in [5.74, 6) is 0.335. The lowest BCUT2D eigenvalue weighted by atomic mass is 9.82. The third-order valence-electron chi connectivity index (χ3n) is 4.37. The Bertz CT molecular complexity index is 653. The fourth-order valence-electron chi connectivity index (χ4n) is 3.29. The second-order valence-electron chi connectivity index (χ2n) is 5.77. The van der Waals surface area contributed by atoms with Crippen molar-refractivity contribution in [2.75, 3.05) is 0 Å². The summed E-state index contributed by atoms with van der Waals surface area (Å²) in [5.41, 5.74) is 7.38. The van der Waals surface area contributed by atoms with Crippen LogP contribution in [0.15, 0.2) is 36.4 Å². The molecule has 0 heterocycles. The van der Waals surface area contributed by atoms with Gasteiger partial charge in [0.05, 0.1) is 0 Å². The largest absolute Gasteiger partial charge is 0.294 e. The first kappa shape index (κ1) is 13.1. The summed E-state index contributed by atoms with van der Waals surface area (Å²) in [4.78, 5) is 12.3. The quantitative estimate of drug-likeness (QED) is 0.785. The lowest BCUT2D eigenvalue weighted by Crippen LogP contribution is -2.15. The lowest BCUT2D eigenvalue weighted by Gasteiger charge is -2.22. The fourth-order valence-corrected chi connectivity index (χ4v) is 3.29. The van der Waals surface area contributed by atoms with Gasteiger partial charge in [-0.05, 0) is 60.9 Å². The summed E-state index contributed by atoms with van der Waals surface area (Å²) in [6.45, 7) is 4.26. The molecule has 0 unspecified atom stereocenters. The van der Waals surface area contributed by atoms with Gasteiger partial charge in [-0.1, -0.05) is 36.4 Å². The van der Waals surface area contributed by atoms with Crippen molar-refractivity contribution >= 4 is 5.78 Å². The zero-order valence-electron chi connectivity index (χ0n) is 12.2. The van der Waals surface area contributed by atoms with Gasteiger partial charge in [-0.3, -0.25) is 4.79 Å². The Balaban J connectivity index is 2.07. The Kier molecular flexibility index (Phi) is 3.43. The topological polar surface area (TPSA) is 17.1 Å². The van der Waals surface area contributed by atoms with Gasteiger partial charge in [-0.25, -0.2) is 0 Å². The van der Waals surface area contributed by atoms with E-state index in [0.29, 0.717) is 12.2 Å². The third-order valence-corrected chi connectivity index (χ3v) is 4.37. The minimum Gasteiger partial charge on any atom is -0.294 e. The first-order valence-electron chi connectivity index (χ1n) is 7.36. The molecule has 0 amide bonds. The zero-order chi connectivity index (χ0) is 14.1. The maximum absolute atomic E-state index is 12.3. The number of carbonyl (C=O) groups is 1. The molecule has 0 spiro atoms. The van der Waals surface area contributed by atoms with Gasteiger partial charge in [-0.15, -0.1) is 0 Å². The maximum Gasteiger partial charge on any atom is 0.163 e. The Morgan fingerprint density at radius 1 is 1.05 bits per heavy atom. The molecule has 1 heteroatoms. The molecule has 0 aliphatic heterocycles. The van der Waals surface area contributed by atoms with Gasteiger partial charge in [0.1, 0.15) is 0 Å². The van der Waals surface area contributed by atoms with E-state index in [4.69, 9.17) is 0 Å². The van der Waals surface area contributed by atoms with E-state index in [1.165, 1.54) is 27.8 Å². The Morgan fingerprint density at radius 3 is 2.55 bits per heavy atom. The monoisotopic (exact) mass is 264 g/mol. The van der Waals surface area contributed by atoms with Crippen molar-refractivity contribution in [1.82, 2.24) is 0 Å². The number of ketones is 1. The van der Waals surface area contributed by atoms with Gasteiger partial charge in [0.2, 0.25) is 0 Å². The summed E-state index contributed by atoms with van der Waals surface area (Å²) in [7, 11) is 0. The standard InChI is InChI=1S/C19H20O/c1-13-11-16(12-15-7-4-3-5-8-15)14(2)19-17(13)9-6-10-18(19)20/h3-5,7-8,11H,6,9-10,12H2,1-2H3. The lowest BCUT2D eigenvalue weighted by molar-refractivity contribution is 0.0971. The van der Waals surface area contributed by atoms with E-state index in [1.807, 2.05) is 6.07 Å². The van der Waals surface area contributed by atoms with Crippen LogP contribution in [0, 0.1) is 13.8 Å². The minimum absolute atomic E-state index is 0.335. The molecule has 0 fully saturated rings. The van der Waals surface area contributed by atoms with Gasteiger partial charge in [0.15, 0.2) is 5.78 Å². The molecule has 102 valence electrons. The number of hydrogen-bond donors (Lipinski definition) is 0. The molecule has 0 saturated carbocycles. The van der Waals surface area contributed by atoms with Crippen molar-refractivity contribution in [1.29, 1.82) is 0 Å². The van der Waals surface area contributed by atoms with E-state index in [2.05, 4.69) is 44.2 Å². The van der Waals surface area contributed by atoms with Crippen LogP contribution in [0.3, 0.4) is 0 Å². The highest BCUT2D eigenvalue weighted by Gasteiger charge is 2.22. The van der Waals surface area contributed by atoms with Crippen LogP contribution in [0.4, 0.5) is 0 Å². The minimum atomic E-state index is 0.335. The fraction of sp³-hybridized carbons (Fsp3) is 0.316. The normalized spacial score (nSPS) is 14.2. The predicted octanol–water partition coefficient (Wildman–Crippen LogP) is 4.41. The Hall–Kier alpha value is -1.89. The van der Waals surface area contributed by atoms with Crippen molar-refractivity contribution in [2.24, 2.45) is 0 Å². The summed E-state index contributed by atoms with van der Waals surface area (Å²) >= 11 is 0. The van der Waals surface area contributed by atoms with Crippen LogP contribution >= 0.6 is 0 Å². The average molecular weight is 264 g/mol. The van der Waals surface area contributed by atoms with Crippen LogP contribution in [-0.4, -0.2) is 5.78 Å². The molecule has 3 rings (SSSR count). The van der Waals surface area contributed by atoms with E-state index >= 15 is 0 Å². The maximum atomic E-state index is 12.3. The number of carbonyl (C=O) groups excluding carboxylic acids is 1. The van der Waals surface area contributed by atoms with Gasteiger partial charge < -0.3 is 0 Å². The molecule has 2 aromatic rings. The van der Waals surface area contributed by atoms with Crippen molar-refractivity contribution in [3.05, 3.63) is 69.8 Å². The number of Topliss-reactive ketones (excluding diaryl/α,β-unsaturated/α-hetero) is 1. The first-order valence-corrected chi connectivity index (χ1v) is 7.36. The Morgan fingerprint density at radius 2 is 1.80 bits per heavy atom. The van der Waals surface area contributed by atoms with Gasteiger partial charge in [0.25, 0.3) is 0 Å². The molecule has 1 nitrogen and oxygen atoms in total. The molecule has 0 bridgehead atoms. The summed E-state index contributed by atoms with van der Waals surface area (Å²) in [6.07, 6.45) is 3.68. The second kappa shape index (κ2) is 5.24. The number of hydrogen-bond acceptors (Lipinski definition) is 1. The molecule has 0 radical (unpaired) electrons. The third kappa shape index (κ3) is 2.29. The van der Waals surface area contributed by atoms with E-state index in [1.54, 1.807) is 0 Å². The molecule has 2 aromatic carbocycles. The molecule has 0 N–H and O–H groups in total. The van der Waals surface area contributed by atoms with Gasteiger partial charge >= 0.3 is 0 Å². The number of benzene rings is 2. The number of fused-ring (bicyclic) bond motifs is 1. The van der Waals surface area contributed by atoms with Crippen molar-refractivity contribution in [2.45, 2.75) is 39.5 Å². The van der Waals surface area contributed by atoms with E-state index in [-0.39, 0.29) is 0 Å². The highest BCUT2D eigenvalue weighted by Crippen LogP contribution is 2.30. The molecule has 0 atom stereocenters. The molecule has 0 saturated heterocycles. The van der Waals surface area contributed by atoms with Crippen LogP contribution in [0.25, 0.3) is 0 Å². The molecular weight excluding hydrogens is 244 g/mol. The second-order valence-corrected chi connectivity index (χ2v) is 5.77. The molecule has 1 aliphatic carbocycles. The van der Waals surface area contributed by atoms with Gasteiger partial charge in [-0.2, -0.15) is 0 Å². The predicted molar refractivity (Wildman–Crippen MR) is 82.4 cm³/mol. The van der Waals surface area contributed by atoms with Crippen molar-refractivity contribution in [3.63, 3.8) is 0 Å². The zero-order valence-corrected chi connectivity index (χ0v) is 12.2. The van der Waals surface area contributed by atoms with Gasteiger partial charge in [0, 0.05) is 12.0 Å². The molecule has 0 aromatic heterocycles. The van der Waals surface area contributed by atoms with Crippen molar-refractivity contribution in [3.8, 4) is 0 Å². The molecule has 20 heavy (non-hydrogen) atoms. The van der Waals surface area contributed by atoms with E-state index in [9.17, 15) is 4.79 Å². The first-order chi connectivity index (χ1) is 9.66. The highest BCUT2D eigenvalue weighted by atomic mass is 16.1. The van der Waals surface area contributed by atoms with Crippen LogP contribution in [0.1, 0.15) is 51.0 Å². The van der Waals surface area contributed by atoms with Crippen LogP contribution in [0.5, 0.6) is 0 Å². The highest BCUT2D eigenvalue weighted by molar-refractivity contribution is 6.00. The van der Waals surface area contributed by atoms with Crippen LogP contribution in [-0.2, 0) is 12.8 Å². The smallest absolute Gasteiger partial charge is 0.163 e. The number of aryl methyl sites for hydroxylation is 1.